The first-order valence-corrected chi connectivity index (χ1v) is 13.2. The number of nitrogens with one attached hydrogen (secondary N) is 2. The van der Waals surface area contributed by atoms with E-state index in [1.165, 1.54) is 41.3 Å². The first-order valence-electron chi connectivity index (χ1n) is 11.4. The number of thiazole rings is 1. The Bertz CT molecular complexity index is 1590. The van der Waals surface area contributed by atoms with E-state index in [4.69, 9.17) is 4.74 Å². The number of thioether (sulfide) groups is 1. The van der Waals surface area contributed by atoms with Gasteiger partial charge in [-0.3, -0.25) is 14.2 Å². The SMILES string of the molecule is COc1ccccc1-n1c(CNC(=O)c2ccccc2F)nnc1SCC(=O)Nc1nc2ccccc2s1. The standard InChI is InChI=1S/C26H21FN6O3S2/c1-36-20-12-6-5-11-19(20)33-22(14-28-24(35)16-8-2-3-9-17(16)27)31-32-26(33)37-15-23(34)30-25-29-18-10-4-7-13-21(18)38-25/h2-13H,14-15H2,1H3,(H,28,35)(H,29,30,34). The maximum absolute atomic E-state index is 14.1. The molecule has 2 amide bonds. The molecule has 0 aliphatic rings. The van der Waals surface area contributed by atoms with Gasteiger partial charge in [-0.15, -0.1) is 10.2 Å². The molecule has 0 spiro atoms. The lowest BCUT2D eigenvalue weighted by Crippen LogP contribution is -2.25. The second-order valence-corrected chi connectivity index (χ2v) is 9.87. The molecule has 0 saturated carbocycles. The van der Waals surface area contributed by atoms with Crippen LogP contribution < -0.4 is 15.4 Å². The summed E-state index contributed by atoms with van der Waals surface area (Å²) in [6.45, 7) is -0.0311. The van der Waals surface area contributed by atoms with Gasteiger partial charge in [-0.2, -0.15) is 0 Å². The molecule has 38 heavy (non-hydrogen) atoms. The summed E-state index contributed by atoms with van der Waals surface area (Å²) in [5.41, 5.74) is 1.37. The minimum atomic E-state index is -0.619. The van der Waals surface area contributed by atoms with E-state index in [9.17, 15) is 14.0 Å². The van der Waals surface area contributed by atoms with Crippen molar-refractivity contribution in [2.75, 3.05) is 18.2 Å². The smallest absolute Gasteiger partial charge is 0.254 e. The summed E-state index contributed by atoms with van der Waals surface area (Å²) in [5, 5.41) is 14.9. The molecule has 0 aliphatic carbocycles. The predicted octanol–water partition coefficient (Wildman–Crippen LogP) is 4.69. The van der Waals surface area contributed by atoms with Gasteiger partial charge in [0, 0.05) is 0 Å². The molecule has 0 bridgehead atoms. The monoisotopic (exact) mass is 548 g/mol. The lowest BCUT2D eigenvalue weighted by atomic mass is 10.2. The van der Waals surface area contributed by atoms with Crippen LogP contribution in [-0.2, 0) is 11.3 Å². The van der Waals surface area contributed by atoms with Crippen molar-refractivity contribution in [1.29, 1.82) is 0 Å². The van der Waals surface area contributed by atoms with Crippen LogP contribution >= 0.6 is 23.1 Å². The maximum Gasteiger partial charge on any atom is 0.254 e. The molecule has 5 rings (SSSR count). The van der Waals surface area contributed by atoms with E-state index in [1.54, 1.807) is 23.8 Å². The Morgan fingerprint density at radius 3 is 2.61 bits per heavy atom. The number of anilines is 1. The predicted molar refractivity (Wildman–Crippen MR) is 144 cm³/mol. The van der Waals surface area contributed by atoms with Gasteiger partial charge in [0.15, 0.2) is 16.1 Å². The fraction of sp³-hybridized carbons (Fsp3) is 0.115. The summed E-state index contributed by atoms with van der Waals surface area (Å²) in [5.74, 6) is -0.472. The molecule has 0 atom stereocenters. The Labute approximate surface area is 225 Å². The van der Waals surface area contributed by atoms with Crippen LogP contribution in [0.4, 0.5) is 9.52 Å². The van der Waals surface area contributed by atoms with Gasteiger partial charge in [0.1, 0.15) is 11.6 Å². The molecule has 0 aliphatic heterocycles. The number of hydrogen-bond acceptors (Lipinski definition) is 8. The fourth-order valence-corrected chi connectivity index (χ4v) is 5.32. The zero-order valence-electron chi connectivity index (χ0n) is 20.1. The van der Waals surface area contributed by atoms with Gasteiger partial charge in [0.25, 0.3) is 5.91 Å². The van der Waals surface area contributed by atoms with Gasteiger partial charge in [-0.1, -0.05) is 59.5 Å². The van der Waals surface area contributed by atoms with Gasteiger partial charge in [0.2, 0.25) is 5.91 Å². The van der Waals surface area contributed by atoms with Crippen molar-refractivity contribution in [2.24, 2.45) is 0 Å². The van der Waals surface area contributed by atoms with Crippen molar-refractivity contribution in [3.8, 4) is 11.4 Å². The number of rotatable bonds is 9. The number of nitrogens with zero attached hydrogens (tertiary/aromatic N) is 4. The van der Waals surface area contributed by atoms with Gasteiger partial charge >= 0.3 is 0 Å². The van der Waals surface area contributed by atoms with Crippen molar-refractivity contribution in [3.63, 3.8) is 0 Å². The molecule has 0 unspecified atom stereocenters. The number of hydrogen-bond donors (Lipinski definition) is 2. The van der Waals surface area contributed by atoms with Crippen molar-refractivity contribution < 1.29 is 18.7 Å². The fourth-order valence-electron chi connectivity index (χ4n) is 3.68. The Hall–Kier alpha value is -4.29. The number of aromatic nitrogens is 4. The first kappa shape index (κ1) is 25.4. The Kier molecular flexibility index (Phi) is 7.61. The Balaban J connectivity index is 1.35. The topological polar surface area (TPSA) is 111 Å². The molecule has 2 heterocycles. The average Bonchev–Trinajstić information content (AvgIpc) is 3.53. The van der Waals surface area contributed by atoms with Crippen molar-refractivity contribution in [1.82, 2.24) is 25.1 Å². The summed E-state index contributed by atoms with van der Waals surface area (Å²) in [6, 6.07) is 20.6. The third-order valence-corrected chi connectivity index (χ3v) is 7.31. The molecule has 2 aromatic heterocycles. The molecule has 5 aromatic rings. The van der Waals surface area contributed by atoms with E-state index in [0.29, 0.717) is 27.5 Å². The number of amides is 2. The van der Waals surface area contributed by atoms with E-state index in [2.05, 4.69) is 25.8 Å². The molecular weight excluding hydrogens is 527 g/mol. The van der Waals surface area contributed by atoms with Crippen LogP contribution in [0, 0.1) is 5.82 Å². The zero-order valence-corrected chi connectivity index (χ0v) is 21.7. The highest BCUT2D eigenvalue weighted by Gasteiger charge is 2.20. The lowest BCUT2D eigenvalue weighted by Gasteiger charge is -2.14. The molecule has 0 radical (unpaired) electrons. The summed E-state index contributed by atoms with van der Waals surface area (Å²) in [7, 11) is 1.54. The first-order chi connectivity index (χ1) is 18.5. The molecule has 2 N–H and O–H groups in total. The van der Waals surface area contributed by atoms with E-state index >= 15 is 0 Å². The molecule has 192 valence electrons. The van der Waals surface area contributed by atoms with Gasteiger partial charge in [-0.25, -0.2) is 9.37 Å². The maximum atomic E-state index is 14.1. The lowest BCUT2D eigenvalue weighted by molar-refractivity contribution is -0.113. The quantitative estimate of drug-likeness (QED) is 0.257. The van der Waals surface area contributed by atoms with Crippen LogP contribution in [0.25, 0.3) is 15.9 Å². The molecule has 12 heteroatoms. The number of benzene rings is 3. The van der Waals surface area contributed by atoms with E-state index in [0.717, 1.165) is 10.2 Å². The summed E-state index contributed by atoms with van der Waals surface area (Å²) in [4.78, 5) is 29.7. The van der Waals surface area contributed by atoms with Crippen LogP contribution in [-0.4, -0.2) is 44.4 Å². The number of ether oxygens (including phenoxy) is 1. The number of para-hydroxylation sites is 3. The highest BCUT2D eigenvalue weighted by atomic mass is 32.2. The minimum Gasteiger partial charge on any atom is -0.495 e. The summed E-state index contributed by atoms with van der Waals surface area (Å²) in [6.07, 6.45) is 0. The number of halogens is 1. The Morgan fingerprint density at radius 2 is 1.79 bits per heavy atom. The average molecular weight is 549 g/mol. The van der Waals surface area contributed by atoms with E-state index < -0.39 is 11.7 Å². The number of methoxy groups -OCH3 is 1. The second kappa shape index (κ2) is 11.4. The van der Waals surface area contributed by atoms with Crippen LogP contribution in [0.1, 0.15) is 16.2 Å². The number of carbonyl (C=O) groups is 2. The largest absolute Gasteiger partial charge is 0.495 e. The normalized spacial score (nSPS) is 10.9. The number of fused-ring (bicyclic) bond motifs is 1. The Morgan fingerprint density at radius 1 is 1.03 bits per heavy atom. The van der Waals surface area contributed by atoms with Crippen LogP contribution in [0.3, 0.4) is 0 Å². The molecule has 0 saturated heterocycles. The summed E-state index contributed by atoms with van der Waals surface area (Å²) < 4.78 is 22.2. The van der Waals surface area contributed by atoms with Gasteiger partial charge in [0.05, 0.1) is 40.9 Å². The van der Waals surface area contributed by atoms with E-state index in [-0.39, 0.29) is 23.8 Å². The second-order valence-electron chi connectivity index (χ2n) is 7.89. The van der Waals surface area contributed by atoms with Gasteiger partial charge in [-0.05, 0) is 36.4 Å². The van der Waals surface area contributed by atoms with Crippen molar-refractivity contribution in [3.05, 3.63) is 90.0 Å². The third-order valence-electron chi connectivity index (χ3n) is 5.42. The molecule has 3 aromatic carbocycles. The van der Waals surface area contributed by atoms with E-state index in [1.807, 2.05) is 42.5 Å². The highest BCUT2D eigenvalue weighted by Crippen LogP contribution is 2.29. The van der Waals surface area contributed by atoms with Crippen LogP contribution in [0.5, 0.6) is 5.75 Å². The number of carbonyl (C=O) groups excluding carboxylic acids is 2. The minimum absolute atomic E-state index is 0.0311. The van der Waals surface area contributed by atoms with Crippen LogP contribution in [0.2, 0.25) is 0 Å². The highest BCUT2D eigenvalue weighted by molar-refractivity contribution is 7.99. The third kappa shape index (κ3) is 5.50. The van der Waals surface area contributed by atoms with Crippen molar-refractivity contribution in [2.45, 2.75) is 11.7 Å². The van der Waals surface area contributed by atoms with Crippen molar-refractivity contribution >= 4 is 50.3 Å². The molecule has 9 nitrogen and oxygen atoms in total. The molecule has 0 fully saturated rings. The summed E-state index contributed by atoms with van der Waals surface area (Å²) >= 11 is 2.57. The molecular formula is C26H21FN6O3S2. The zero-order chi connectivity index (χ0) is 26.5. The van der Waals surface area contributed by atoms with Gasteiger partial charge < -0.3 is 15.4 Å². The van der Waals surface area contributed by atoms with Crippen LogP contribution in [0.15, 0.2) is 78.0 Å².